The second-order valence-corrected chi connectivity index (χ2v) is 6.30. The fourth-order valence-corrected chi connectivity index (χ4v) is 3.02. The third kappa shape index (κ3) is 3.38. The maximum absolute atomic E-state index is 12.7. The van der Waals surface area contributed by atoms with Crippen molar-refractivity contribution in [3.63, 3.8) is 0 Å². The first kappa shape index (κ1) is 18.2. The molecule has 0 bridgehead atoms. The topological polar surface area (TPSA) is 73.2 Å². The lowest BCUT2D eigenvalue weighted by Crippen LogP contribution is -2.27. The fourth-order valence-electron chi connectivity index (χ4n) is 2.59. The maximum atomic E-state index is 12.7. The van der Waals surface area contributed by atoms with Gasteiger partial charge in [0.05, 0.1) is 23.0 Å². The van der Waals surface area contributed by atoms with Crippen LogP contribution >= 0.6 is 23.2 Å². The summed E-state index contributed by atoms with van der Waals surface area (Å²) in [5.74, 6) is -0.142. The molecule has 0 atom stereocenters. The minimum atomic E-state index is -0.625. The summed E-state index contributed by atoms with van der Waals surface area (Å²) in [7, 11) is 1.50. The molecule has 0 unspecified atom stereocenters. The van der Waals surface area contributed by atoms with Crippen LogP contribution in [0.1, 0.15) is 17.4 Å². The Labute approximate surface area is 159 Å². The van der Waals surface area contributed by atoms with E-state index in [1.165, 1.54) is 19.2 Å². The van der Waals surface area contributed by atoms with Gasteiger partial charge in [0.2, 0.25) is 5.43 Å². The Bertz CT molecular complexity index is 1060. The van der Waals surface area contributed by atoms with E-state index in [0.717, 1.165) is 0 Å². The van der Waals surface area contributed by atoms with Crippen LogP contribution in [0.2, 0.25) is 10.0 Å². The van der Waals surface area contributed by atoms with Crippen LogP contribution in [-0.4, -0.2) is 22.8 Å². The minimum absolute atomic E-state index is 0.214. The molecular formula is C18H15Cl2N3O3. The van der Waals surface area contributed by atoms with Crippen molar-refractivity contribution in [1.82, 2.24) is 9.78 Å². The van der Waals surface area contributed by atoms with Crippen molar-refractivity contribution in [2.75, 3.05) is 12.4 Å². The number of halogens is 2. The van der Waals surface area contributed by atoms with Crippen LogP contribution in [-0.2, 0) is 6.54 Å². The molecule has 6 nitrogen and oxygen atoms in total. The molecule has 8 heteroatoms. The van der Waals surface area contributed by atoms with E-state index in [2.05, 4.69) is 10.4 Å². The number of nitrogens with zero attached hydrogens (tertiary/aromatic N) is 2. The molecule has 0 saturated heterocycles. The Kier molecular flexibility index (Phi) is 5.15. The summed E-state index contributed by atoms with van der Waals surface area (Å²) in [6.07, 6.45) is 0. The van der Waals surface area contributed by atoms with E-state index in [1.807, 2.05) is 6.92 Å². The number of fused-ring (bicyclic) bond motifs is 1. The molecule has 0 fully saturated rings. The number of aryl methyl sites for hydroxylation is 1. The van der Waals surface area contributed by atoms with E-state index in [-0.39, 0.29) is 5.69 Å². The number of amides is 1. The number of hydrogen-bond donors (Lipinski definition) is 1. The first-order valence-electron chi connectivity index (χ1n) is 7.80. The van der Waals surface area contributed by atoms with Crippen LogP contribution in [0, 0.1) is 0 Å². The molecule has 2 aromatic carbocycles. The molecule has 0 radical (unpaired) electrons. The molecular weight excluding hydrogens is 377 g/mol. The van der Waals surface area contributed by atoms with Crippen molar-refractivity contribution < 1.29 is 9.53 Å². The highest BCUT2D eigenvalue weighted by Gasteiger charge is 2.18. The number of carbonyl (C=O) groups is 1. The van der Waals surface area contributed by atoms with E-state index >= 15 is 0 Å². The summed E-state index contributed by atoms with van der Waals surface area (Å²) >= 11 is 12.1. The number of rotatable bonds is 4. The summed E-state index contributed by atoms with van der Waals surface area (Å²) in [4.78, 5) is 25.3. The molecule has 1 heterocycles. The van der Waals surface area contributed by atoms with Crippen LogP contribution in [0.4, 0.5) is 5.69 Å². The molecule has 0 spiro atoms. The van der Waals surface area contributed by atoms with Crippen LogP contribution in [0.25, 0.3) is 10.9 Å². The number of ether oxygens (including phenoxy) is 1. The van der Waals surface area contributed by atoms with Gasteiger partial charge in [-0.25, -0.2) is 0 Å². The number of methoxy groups -OCH3 is 1. The van der Waals surface area contributed by atoms with Crippen molar-refractivity contribution in [2.45, 2.75) is 13.5 Å². The predicted octanol–water partition coefficient (Wildman–Crippen LogP) is 3.98. The smallest absolute Gasteiger partial charge is 0.280 e. The van der Waals surface area contributed by atoms with Crippen molar-refractivity contribution >= 4 is 45.7 Å². The molecule has 134 valence electrons. The van der Waals surface area contributed by atoms with Crippen molar-refractivity contribution in [1.29, 1.82) is 0 Å². The van der Waals surface area contributed by atoms with Gasteiger partial charge < -0.3 is 10.1 Å². The molecule has 3 aromatic rings. The van der Waals surface area contributed by atoms with E-state index in [9.17, 15) is 9.59 Å². The van der Waals surface area contributed by atoms with Crippen molar-refractivity contribution in [3.05, 3.63) is 62.4 Å². The van der Waals surface area contributed by atoms with Crippen LogP contribution in [0.15, 0.2) is 41.2 Å². The van der Waals surface area contributed by atoms with Gasteiger partial charge in [-0.05, 0) is 43.3 Å². The van der Waals surface area contributed by atoms with Gasteiger partial charge in [-0.1, -0.05) is 23.2 Å². The minimum Gasteiger partial charge on any atom is -0.495 e. The zero-order valence-electron chi connectivity index (χ0n) is 14.0. The lowest BCUT2D eigenvalue weighted by atomic mass is 10.2. The zero-order valence-corrected chi connectivity index (χ0v) is 15.6. The molecule has 0 saturated carbocycles. The van der Waals surface area contributed by atoms with Gasteiger partial charge in [-0.2, -0.15) is 5.10 Å². The Morgan fingerprint density at radius 3 is 2.65 bits per heavy atom. The predicted molar refractivity (Wildman–Crippen MR) is 103 cm³/mol. The van der Waals surface area contributed by atoms with Gasteiger partial charge in [0.25, 0.3) is 5.91 Å². The highest BCUT2D eigenvalue weighted by atomic mass is 35.5. The number of carbonyl (C=O) groups excluding carboxylic acids is 1. The first-order chi connectivity index (χ1) is 12.4. The summed E-state index contributed by atoms with van der Waals surface area (Å²) in [5, 5.41) is 7.92. The van der Waals surface area contributed by atoms with Crippen molar-refractivity contribution in [3.8, 4) is 5.75 Å². The molecule has 3 rings (SSSR count). The number of hydrogen-bond acceptors (Lipinski definition) is 4. The largest absolute Gasteiger partial charge is 0.495 e. The summed E-state index contributed by atoms with van der Waals surface area (Å²) < 4.78 is 6.66. The third-order valence-corrected chi connectivity index (χ3v) is 4.37. The monoisotopic (exact) mass is 391 g/mol. The molecule has 0 aliphatic carbocycles. The average molecular weight is 392 g/mol. The first-order valence-corrected chi connectivity index (χ1v) is 8.55. The summed E-state index contributed by atoms with van der Waals surface area (Å²) in [6, 6.07) is 9.70. The van der Waals surface area contributed by atoms with Gasteiger partial charge in [0.1, 0.15) is 5.75 Å². The highest BCUT2D eigenvalue weighted by Crippen LogP contribution is 2.27. The van der Waals surface area contributed by atoms with Crippen molar-refractivity contribution in [2.24, 2.45) is 0 Å². The van der Waals surface area contributed by atoms with E-state index in [1.54, 1.807) is 28.9 Å². The number of aromatic nitrogens is 2. The molecule has 0 aliphatic rings. The Morgan fingerprint density at radius 2 is 2.00 bits per heavy atom. The quantitative estimate of drug-likeness (QED) is 0.729. The van der Waals surface area contributed by atoms with Crippen LogP contribution in [0.3, 0.4) is 0 Å². The molecule has 26 heavy (non-hydrogen) atoms. The number of anilines is 1. The SMILES string of the molecule is CCn1nc(C(=O)Nc2ccc(OC)c(Cl)c2)c(=O)c2cc(Cl)ccc21. The average Bonchev–Trinajstić information content (AvgIpc) is 2.62. The number of nitrogens with one attached hydrogen (secondary N) is 1. The fraction of sp³-hybridized carbons (Fsp3) is 0.167. The van der Waals surface area contributed by atoms with Gasteiger partial charge in [0.15, 0.2) is 5.69 Å². The number of benzene rings is 2. The molecule has 1 aromatic heterocycles. The third-order valence-electron chi connectivity index (χ3n) is 3.84. The Balaban J connectivity index is 2.04. The maximum Gasteiger partial charge on any atom is 0.280 e. The molecule has 0 aliphatic heterocycles. The molecule has 1 N–H and O–H groups in total. The van der Waals surface area contributed by atoms with E-state index in [4.69, 9.17) is 27.9 Å². The highest BCUT2D eigenvalue weighted by molar-refractivity contribution is 6.32. The van der Waals surface area contributed by atoms with Gasteiger partial charge in [-0.15, -0.1) is 0 Å². The lowest BCUT2D eigenvalue weighted by molar-refractivity contribution is 0.101. The van der Waals surface area contributed by atoms with Crippen LogP contribution < -0.4 is 15.5 Å². The second-order valence-electron chi connectivity index (χ2n) is 5.46. The molecule has 1 amide bonds. The summed E-state index contributed by atoms with van der Waals surface area (Å²) in [6.45, 7) is 2.36. The Hall–Kier alpha value is -2.57. The summed E-state index contributed by atoms with van der Waals surface area (Å²) in [5.41, 5.74) is 0.347. The normalized spacial score (nSPS) is 10.8. The van der Waals surface area contributed by atoms with Gasteiger partial charge >= 0.3 is 0 Å². The van der Waals surface area contributed by atoms with Crippen LogP contribution in [0.5, 0.6) is 5.75 Å². The van der Waals surface area contributed by atoms with Gasteiger partial charge in [0, 0.05) is 17.3 Å². The van der Waals surface area contributed by atoms with E-state index in [0.29, 0.717) is 38.9 Å². The zero-order chi connectivity index (χ0) is 18.8. The van der Waals surface area contributed by atoms with Gasteiger partial charge in [-0.3, -0.25) is 14.3 Å². The standard InChI is InChI=1S/C18H15Cl2N3O3/c1-3-23-14-6-4-10(19)8-12(14)17(24)16(22-23)18(25)21-11-5-7-15(26-2)13(20)9-11/h4-9H,3H2,1-2H3,(H,21,25). The Morgan fingerprint density at radius 1 is 1.23 bits per heavy atom. The lowest BCUT2D eigenvalue weighted by Gasteiger charge is -2.11. The van der Waals surface area contributed by atoms with E-state index < -0.39 is 11.3 Å². The second kappa shape index (κ2) is 7.35.